The van der Waals surface area contributed by atoms with Gasteiger partial charge in [-0.3, -0.25) is 0 Å². The summed E-state index contributed by atoms with van der Waals surface area (Å²) in [6.07, 6.45) is 6.75. The molecule has 0 aliphatic heterocycles. The quantitative estimate of drug-likeness (QED) is 0.579. The molecule has 18 heavy (non-hydrogen) atoms. The molecule has 0 radical (unpaired) electrons. The molecule has 102 valence electrons. The van der Waals surface area contributed by atoms with E-state index in [2.05, 4.69) is 52.8 Å². The van der Waals surface area contributed by atoms with Crippen LogP contribution in [-0.2, 0) is 6.42 Å². The van der Waals surface area contributed by atoms with E-state index in [0.717, 1.165) is 11.8 Å². The van der Waals surface area contributed by atoms with Gasteiger partial charge in [0.1, 0.15) is 0 Å². The first-order chi connectivity index (χ1) is 8.49. The Morgan fingerprint density at radius 1 is 0.944 bits per heavy atom. The van der Waals surface area contributed by atoms with Gasteiger partial charge in [0.15, 0.2) is 0 Å². The van der Waals surface area contributed by atoms with Crippen LogP contribution in [0.25, 0.3) is 0 Å². The summed E-state index contributed by atoms with van der Waals surface area (Å²) < 4.78 is 0. The highest BCUT2D eigenvalue weighted by Gasteiger charge is 2.05. The van der Waals surface area contributed by atoms with Gasteiger partial charge in [-0.2, -0.15) is 0 Å². The van der Waals surface area contributed by atoms with E-state index >= 15 is 0 Å². The van der Waals surface area contributed by atoms with Crippen LogP contribution < -0.4 is 0 Å². The molecule has 0 aliphatic carbocycles. The smallest absolute Gasteiger partial charge is 0.0274 e. The molecule has 0 fully saturated rings. The van der Waals surface area contributed by atoms with E-state index in [4.69, 9.17) is 0 Å². The first kappa shape index (κ1) is 15.3. The topological polar surface area (TPSA) is 0 Å². The third-order valence-corrected chi connectivity index (χ3v) is 3.89. The Kier molecular flexibility index (Phi) is 6.46. The summed E-state index contributed by atoms with van der Waals surface area (Å²) >= 11 is 0. The first-order valence-electron chi connectivity index (χ1n) is 7.55. The molecule has 1 atom stereocenters. The van der Waals surface area contributed by atoms with Crippen LogP contribution >= 0.6 is 0 Å². The van der Waals surface area contributed by atoms with Gasteiger partial charge in [0.25, 0.3) is 0 Å². The second-order valence-corrected chi connectivity index (χ2v) is 6.40. The Hall–Kier alpha value is -0.780. The Morgan fingerprint density at radius 3 is 2.33 bits per heavy atom. The summed E-state index contributed by atoms with van der Waals surface area (Å²) in [4.78, 5) is 0. The molecule has 0 heterocycles. The average molecular weight is 246 g/mol. The van der Waals surface area contributed by atoms with Crippen molar-refractivity contribution >= 4 is 0 Å². The van der Waals surface area contributed by atoms with Crippen LogP contribution in [0.4, 0.5) is 0 Å². The summed E-state index contributed by atoms with van der Waals surface area (Å²) in [6, 6.07) is 6.83. The second-order valence-electron chi connectivity index (χ2n) is 6.40. The Labute approximate surface area is 114 Å². The van der Waals surface area contributed by atoms with E-state index in [-0.39, 0.29) is 0 Å². The molecule has 0 amide bonds. The summed E-state index contributed by atoms with van der Waals surface area (Å²) in [6.45, 7) is 11.5. The summed E-state index contributed by atoms with van der Waals surface area (Å²) in [7, 11) is 0. The molecule has 1 aromatic carbocycles. The van der Waals surface area contributed by atoms with Crippen LogP contribution in [0.2, 0.25) is 0 Å². The van der Waals surface area contributed by atoms with Gasteiger partial charge >= 0.3 is 0 Å². The monoisotopic (exact) mass is 246 g/mol. The standard InChI is InChI=1S/C18H30/c1-14(2)7-6-8-15(3)10-12-18-13-16(4)9-11-17(18)5/h9,11,13-15H,6-8,10,12H2,1-5H3/t15-/m1/s1. The number of aryl methyl sites for hydroxylation is 3. The van der Waals surface area contributed by atoms with Crippen LogP contribution in [0.5, 0.6) is 0 Å². The summed E-state index contributed by atoms with van der Waals surface area (Å²) in [5.41, 5.74) is 4.39. The molecule has 1 rings (SSSR count). The van der Waals surface area contributed by atoms with Crippen LogP contribution in [0.3, 0.4) is 0 Å². The molecule has 0 saturated heterocycles. The molecular formula is C18H30. The zero-order valence-corrected chi connectivity index (χ0v) is 12.9. The van der Waals surface area contributed by atoms with Crippen LogP contribution in [-0.4, -0.2) is 0 Å². The maximum atomic E-state index is 2.41. The average Bonchev–Trinajstić information content (AvgIpc) is 2.30. The number of hydrogen-bond donors (Lipinski definition) is 0. The molecule has 0 spiro atoms. The lowest BCUT2D eigenvalue weighted by atomic mass is 9.92. The zero-order valence-electron chi connectivity index (χ0n) is 12.9. The van der Waals surface area contributed by atoms with Crippen LogP contribution in [0, 0.1) is 25.7 Å². The van der Waals surface area contributed by atoms with Crippen molar-refractivity contribution in [3.05, 3.63) is 34.9 Å². The highest BCUT2D eigenvalue weighted by molar-refractivity contribution is 5.30. The fourth-order valence-corrected chi connectivity index (χ4v) is 2.49. The van der Waals surface area contributed by atoms with Crippen LogP contribution in [0.15, 0.2) is 18.2 Å². The normalized spacial score (nSPS) is 13.0. The third kappa shape index (κ3) is 5.71. The van der Waals surface area contributed by atoms with E-state index in [1.54, 1.807) is 5.56 Å². The molecule has 0 aromatic heterocycles. The molecule has 0 bridgehead atoms. The van der Waals surface area contributed by atoms with Gasteiger partial charge in [0, 0.05) is 0 Å². The van der Waals surface area contributed by atoms with E-state index in [9.17, 15) is 0 Å². The summed E-state index contributed by atoms with van der Waals surface area (Å²) in [5.74, 6) is 1.72. The molecular weight excluding hydrogens is 216 g/mol. The van der Waals surface area contributed by atoms with Gasteiger partial charge in [0.05, 0.1) is 0 Å². The molecule has 0 saturated carbocycles. The lowest BCUT2D eigenvalue weighted by molar-refractivity contribution is 0.436. The predicted molar refractivity (Wildman–Crippen MR) is 82.1 cm³/mol. The molecule has 0 nitrogen and oxygen atoms in total. The molecule has 0 N–H and O–H groups in total. The van der Waals surface area contributed by atoms with Crippen molar-refractivity contribution in [3.8, 4) is 0 Å². The largest absolute Gasteiger partial charge is 0.0628 e. The first-order valence-corrected chi connectivity index (χ1v) is 7.55. The fraction of sp³-hybridized carbons (Fsp3) is 0.667. The highest BCUT2D eigenvalue weighted by Crippen LogP contribution is 2.19. The predicted octanol–water partition coefficient (Wildman–Crippen LogP) is 5.70. The Balaban J connectivity index is 2.33. The SMILES string of the molecule is Cc1ccc(C)c(CC[C@H](C)CCCC(C)C)c1. The second kappa shape index (κ2) is 7.61. The van der Waals surface area contributed by atoms with Crippen molar-refractivity contribution in [2.24, 2.45) is 11.8 Å². The van der Waals surface area contributed by atoms with Crippen molar-refractivity contribution in [1.29, 1.82) is 0 Å². The molecule has 0 heteroatoms. The van der Waals surface area contributed by atoms with Crippen molar-refractivity contribution in [3.63, 3.8) is 0 Å². The maximum Gasteiger partial charge on any atom is -0.0274 e. The molecule has 0 unspecified atom stereocenters. The van der Waals surface area contributed by atoms with Gasteiger partial charge < -0.3 is 0 Å². The van der Waals surface area contributed by atoms with E-state index < -0.39 is 0 Å². The number of rotatable bonds is 7. The molecule has 1 aromatic rings. The zero-order chi connectivity index (χ0) is 13.5. The molecule has 0 aliphatic rings. The minimum Gasteiger partial charge on any atom is -0.0628 e. The third-order valence-electron chi connectivity index (χ3n) is 3.89. The van der Waals surface area contributed by atoms with Gasteiger partial charge in [-0.05, 0) is 49.7 Å². The lowest BCUT2D eigenvalue weighted by Crippen LogP contribution is -2.00. The van der Waals surface area contributed by atoms with Gasteiger partial charge in [-0.15, -0.1) is 0 Å². The highest BCUT2D eigenvalue weighted by atomic mass is 14.1. The number of benzene rings is 1. The van der Waals surface area contributed by atoms with E-state index in [1.807, 2.05) is 0 Å². The maximum absolute atomic E-state index is 2.41. The van der Waals surface area contributed by atoms with E-state index in [1.165, 1.54) is 43.2 Å². The minimum atomic E-state index is 0.858. The van der Waals surface area contributed by atoms with Crippen LogP contribution in [0.1, 0.15) is 63.1 Å². The van der Waals surface area contributed by atoms with Crippen molar-refractivity contribution in [2.45, 2.75) is 66.7 Å². The van der Waals surface area contributed by atoms with Crippen molar-refractivity contribution < 1.29 is 0 Å². The van der Waals surface area contributed by atoms with Gasteiger partial charge in [-0.25, -0.2) is 0 Å². The van der Waals surface area contributed by atoms with E-state index in [0.29, 0.717) is 0 Å². The minimum absolute atomic E-state index is 0.858. The summed E-state index contributed by atoms with van der Waals surface area (Å²) in [5, 5.41) is 0. The van der Waals surface area contributed by atoms with Crippen molar-refractivity contribution in [1.82, 2.24) is 0 Å². The van der Waals surface area contributed by atoms with Gasteiger partial charge in [-0.1, -0.05) is 63.8 Å². The number of hydrogen-bond acceptors (Lipinski definition) is 0. The van der Waals surface area contributed by atoms with Gasteiger partial charge in [0.2, 0.25) is 0 Å². The fourth-order valence-electron chi connectivity index (χ4n) is 2.49. The van der Waals surface area contributed by atoms with Crippen molar-refractivity contribution in [2.75, 3.05) is 0 Å². The Bertz CT molecular complexity index is 349. The Morgan fingerprint density at radius 2 is 1.67 bits per heavy atom. The lowest BCUT2D eigenvalue weighted by Gasteiger charge is -2.13.